The van der Waals surface area contributed by atoms with Crippen molar-refractivity contribution in [1.29, 1.82) is 0 Å². The number of Topliss-reactive ketones (excluding diaryl/α,β-unsaturated/α-hetero) is 1. The standard InChI is InChI=1S/C26H26FNO4/c1-26(2,3)32-25(31)23(29)15-24(30)28(16-18-7-6-10-22(27)14-18)17-19-11-12-20-8-4-5-9-21(20)13-19/h4-14H,15-17H2,1-3H3. The number of fused-ring (bicyclic) bond motifs is 1. The number of carbonyl (C=O) groups excluding carboxylic acids is 3. The number of rotatable bonds is 7. The van der Waals surface area contributed by atoms with Gasteiger partial charge in [0, 0.05) is 13.1 Å². The molecule has 0 aliphatic heterocycles. The van der Waals surface area contributed by atoms with E-state index in [1.165, 1.54) is 17.0 Å². The number of hydrogen-bond donors (Lipinski definition) is 0. The first-order valence-electron chi connectivity index (χ1n) is 10.4. The molecular formula is C26H26FNO4. The molecule has 0 fully saturated rings. The molecule has 0 radical (unpaired) electrons. The Labute approximate surface area is 186 Å². The van der Waals surface area contributed by atoms with Crippen LogP contribution in [0.5, 0.6) is 0 Å². The van der Waals surface area contributed by atoms with Gasteiger partial charge in [-0.05, 0) is 60.9 Å². The van der Waals surface area contributed by atoms with Gasteiger partial charge in [-0.3, -0.25) is 9.59 Å². The zero-order valence-corrected chi connectivity index (χ0v) is 18.4. The second-order valence-electron chi connectivity index (χ2n) is 8.66. The fourth-order valence-electron chi connectivity index (χ4n) is 3.30. The van der Waals surface area contributed by atoms with Crippen molar-refractivity contribution < 1.29 is 23.5 Å². The van der Waals surface area contributed by atoms with Gasteiger partial charge in [0.05, 0.1) is 6.42 Å². The highest BCUT2D eigenvalue weighted by Gasteiger charge is 2.27. The molecule has 5 nitrogen and oxygen atoms in total. The van der Waals surface area contributed by atoms with Crippen molar-refractivity contribution in [3.63, 3.8) is 0 Å². The van der Waals surface area contributed by atoms with Gasteiger partial charge in [0.15, 0.2) is 0 Å². The van der Waals surface area contributed by atoms with Crippen molar-refractivity contribution in [2.45, 2.75) is 45.9 Å². The molecule has 6 heteroatoms. The van der Waals surface area contributed by atoms with E-state index in [1.807, 2.05) is 42.5 Å². The lowest BCUT2D eigenvalue weighted by Crippen LogP contribution is -2.35. The van der Waals surface area contributed by atoms with E-state index in [0.717, 1.165) is 16.3 Å². The third kappa shape index (κ3) is 6.48. The van der Waals surface area contributed by atoms with Gasteiger partial charge in [-0.2, -0.15) is 0 Å². The number of amides is 1. The van der Waals surface area contributed by atoms with Crippen LogP contribution in [0.2, 0.25) is 0 Å². The number of hydrogen-bond acceptors (Lipinski definition) is 4. The second kappa shape index (κ2) is 9.73. The summed E-state index contributed by atoms with van der Waals surface area (Å²) in [5.74, 6) is -2.89. The van der Waals surface area contributed by atoms with Gasteiger partial charge >= 0.3 is 5.97 Å². The molecule has 0 unspecified atom stereocenters. The minimum atomic E-state index is -1.04. The minimum Gasteiger partial charge on any atom is -0.454 e. The molecule has 0 saturated heterocycles. The number of benzene rings is 3. The van der Waals surface area contributed by atoms with Crippen LogP contribution in [0.4, 0.5) is 4.39 Å². The van der Waals surface area contributed by atoms with Gasteiger partial charge in [0.2, 0.25) is 11.7 Å². The molecule has 0 N–H and O–H groups in total. The van der Waals surface area contributed by atoms with Crippen LogP contribution in [0.25, 0.3) is 10.8 Å². The quantitative estimate of drug-likeness (QED) is 0.304. The molecule has 3 aromatic rings. The topological polar surface area (TPSA) is 63.7 Å². The van der Waals surface area contributed by atoms with E-state index in [4.69, 9.17) is 4.74 Å². The Kier molecular flexibility index (Phi) is 7.03. The van der Waals surface area contributed by atoms with Crippen molar-refractivity contribution in [2.24, 2.45) is 0 Å². The summed E-state index contributed by atoms with van der Waals surface area (Å²) in [4.78, 5) is 38.7. The van der Waals surface area contributed by atoms with Crippen molar-refractivity contribution in [3.8, 4) is 0 Å². The van der Waals surface area contributed by atoms with Crippen LogP contribution in [0, 0.1) is 5.82 Å². The molecule has 32 heavy (non-hydrogen) atoms. The maximum atomic E-state index is 13.7. The van der Waals surface area contributed by atoms with E-state index in [1.54, 1.807) is 32.9 Å². The predicted molar refractivity (Wildman–Crippen MR) is 120 cm³/mol. The Bertz CT molecular complexity index is 1150. The highest BCUT2D eigenvalue weighted by molar-refractivity contribution is 6.37. The molecule has 0 atom stereocenters. The van der Waals surface area contributed by atoms with Crippen molar-refractivity contribution in [3.05, 3.63) is 83.7 Å². The average Bonchev–Trinajstić information content (AvgIpc) is 2.72. The maximum Gasteiger partial charge on any atom is 0.375 e. The number of ether oxygens (including phenoxy) is 1. The van der Waals surface area contributed by atoms with Crippen molar-refractivity contribution in [2.75, 3.05) is 0 Å². The monoisotopic (exact) mass is 435 g/mol. The highest BCUT2D eigenvalue weighted by Crippen LogP contribution is 2.19. The van der Waals surface area contributed by atoms with E-state index in [9.17, 15) is 18.8 Å². The zero-order chi connectivity index (χ0) is 23.3. The smallest absolute Gasteiger partial charge is 0.375 e. The number of nitrogens with zero attached hydrogens (tertiary/aromatic N) is 1. The van der Waals surface area contributed by atoms with Crippen LogP contribution in [-0.2, 0) is 32.2 Å². The summed E-state index contributed by atoms with van der Waals surface area (Å²) in [7, 11) is 0. The van der Waals surface area contributed by atoms with Gasteiger partial charge in [0.1, 0.15) is 11.4 Å². The van der Waals surface area contributed by atoms with Crippen molar-refractivity contribution >= 4 is 28.4 Å². The molecule has 3 aromatic carbocycles. The summed E-state index contributed by atoms with van der Waals surface area (Å²) >= 11 is 0. The zero-order valence-electron chi connectivity index (χ0n) is 18.4. The average molecular weight is 435 g/mol. The summed E-state index contributed by atoms with van der Waals surface area (Å²) in [5.41, 5.74) is 0.615. The summed E-state index contributed by atoms with van der Waals surface area (Å²) in [6, 6.07) is 19.6. The first-order valence-corrected chi connectivity index (χ1v) is 10.4. The summed E-state index contributed by atoms with van der Waals surface area (Å²) in [5, 5.41) is 2.09. The fraction of sp³-hybridized carbons (Fsp3) is 0.269. The lowest BCUT2D eigenvalue weighted by Gasteiger charge is -2.24. The lowest BCUT2D eigenvalue weighted by molar-refractivity contribution is -0.163. The normalized spacial score (nSPS) is 11.2. The molecule has 0 bridgehead atoms. The molecule has 0 aromatic heterocycles. The largest absolute Gasteiger partial charge is 0.454 e. The first-order chi connectivity index (χ1) is 15.1. The molecule has 1 amide bonds. The Morgan fingerprint density at radius 1 is 0.844 bits per heavy atom. The van der Waals surface area contributed by atoms with E-state index in [0.29, 0.717) is 5.56 Å². The Morgan fingerprint density at radius 2 is 1.50 bits per heavy atom. The van der Waals surface area contributed by atoms with E-state index in [2.05, 4.69) is 0 Å². The molecule has 0 aliphatic rings. The summed E-state index contributed by atoms with van der Waals surface area (Å²) in [6.45, 7) is 5.26. The number of esters is 1. The lowest BCUT2D eigenvalue weighted by atomic mass is 10.1. The molecule has 0 aliphatic carbocycles. The van der Waals surface area contributed by atoms with Gasteiger partial charge in [-0.15, -0.1) is 0 Å². The number of carbonyl (C=O) groups is 3. The summed E-state index contributed by atoms with van der Waals surface area (Å²) in [6.07, 6.45) is -0.613. The Hall–Kier alpha value is -3.54. The third-order valence-electron chi connectivity index (χ3n) is 4.74. The van der Waals surface area contributed by atoms with Crippen molar-refractivity contribution in [1.82, 2.24) is 4.90 Å². The van der Waals surface area contributed by atoms with Gasteiger partial charge in [-0.1, -0.05) is 48.5 Å². The third-order valence-corrected chi connectivity index (χ3v) is 4.74. The predicted octanol–water partition coefficient (Wildman–Crippen LogP) is 4.81. The molecule has 3 rings (SSSR count). The van der Waals surface area contributed by atoms with Crippen LogP contribution in [-0.4, -0.2) is 28.2 Å². The maximum absolute atomic E-state index is 13.7. The van der Waals surface area contributed by atoms with E-state index in [-0.39, 0.29) is 13.1 Å². The molecule has 0 spiro atoms. The van der Waals surface area contributed by atoms with E-state index < -0.39 is 35.5 Å². The summed E-state index contributed by atoms with van der Waals surface area (Å²) < 4.78 is 18.7. The van der Waals surface area contributed by atoms with Crippen LogP contribution >= 0.6 is 0 Å². The highest BCUT2D eigenvalue weighted by atomic mass is 19.1. The fourth-order valence-corrected chi connectivity index (χ4v) is 3.30. The van der Waals surface area contributed by atoms with Crippen LogP contribution in [0.3, 0.4) is 0 Å². The number of halogens is 1. The minimum absolute atomic E-state index is 0.102. The SMILES string of the molecule is CC(C)(C)OC(=O)C(=O)CC(=O)N(Cc1cccc(F)c1)Cc1ccc2ccccc2c1. The van der Waals surface area contributed by atoms with Gasteiger partial charge < -0.3 is 9.64 Å². The molecular weight excluding hydrogens is 409 g/mol. The molecule has 0 heterocycles. The second-order valence-corrected chi connectivity index (χ2v) is 8.66. The molecule has 0 saturated carbocycles. The first kappa shape index (κ1) is 23.1. The van der Waals surface area contributed by atoms with Crippen LogP contribution < -0.4 is 0 Å². The molecule has 166 valence electrons. The van der Waals surface area contributed by atoms with Crippen LogP contribution in [0.1, 0.15) is 38.3 Å². The van der Waals surface area contributed by atoms with Gasteiger partial charge in [0.25, 0.3) is 0 Å². The van der Waals surface area contributed by atoms with Crippen LogP contribution in [0.15, 0.2) is 66.7 Å². The van der Waals surface area contributed by atoms with Gasteiger partial charge in [-0.25, -0.2) is 9.18 Å². The Balaban J connectivity index is 1.81. The Morgan fingerprint density at radius 3 is 2.16 bits per heavy atom. The number of ketones is 1. The van der Waals surface area contributed by atoms with E-state index >= 15 is 0 Å².